The predicted molar refractivity (Wildman–Crippen MR) is 307 cm³/mol. The van der Waals surface area contributed by atoms with Crippen LogP contribution in [0.5, 0.6) is 0 Å². The van der Waals surface area contributed by atoms with E-state index < -0.39 is 6.10 Å². The first-order valence-corrected chi connectivity index (χ1v) is 30.4. The molecule has 0 aromatic rings. The van der Waals surface area contributed by atoms with Gasteiger partial charge < -0.3 is 14.2 Å². The molecular formula is C65H114O6. The molecule has 0 bridgehead atoms. The molecule has 6 nitrogen and oxygen atoms in total. The van der Waals surface area contributed by atoms with Gasteiger partial charge in [-0.1, -0.05) is 261 Å². The van der Waals surface area contributed by atoms with Gasteiger partial charge in [-0.2, -0.15) is 0 Å². The molecule has 1 atom stereocenters. The first-order valence-electron chi connectivity index (χ1n) is 30.4. The van der Waals surface area contributed by atoms with Crippen LogP contribution in [0.1, 0.15) is 303 Å². The number of unbranched alkanes of at least 4 members (excludes halogenated alkanes) is 32. The van der Waals surface area contributed by atoms with E-state index in [4.69, 9.17) is 14.2 Å². The number of carbonyl (C=O) groups is 3. The molecule has 0 amide bonds. The lowest BCUT2D eigenvalue weighted by atomic mass is 10.0. The van der Waals surface area contributed by atoms with Crippen LogP contribution in [0.3, 0.4) is 0 Å². The van der Waals surface area contributed by atoms with E-state index in [0.29, 0.717) is 19.3 Å². The van der Waals surface area contributed by atoms with Crippen molar-refractivity contribution in [2.24, 2.45) is 0 Å². The molecule has 1 unspecified atom stereocenters. The molecule has 0 aliphatic heterocycles. The van der Waals surface area contributed by atoms with Gasteiger partial charge in [-0.25, -0.2) is 0 Å². The topological polar surface area (TPSA) is 78.9 Å². The van der Waals surface area contributed by atoms with Crippen molar-refractivity contribution in [1.29, 1.82) is 0 Å². The molecule has 410 valence electrons. The minimum atomic E-state index is -0.780. The Balaban J connectivity index is 4.16. The normalized spacial score (nSPS) is 12.5. The smallest absolute Gasteiger partial charge is 0.306 e. The van der Waals surface area contributed by atoms with Crippen molar-refractivity contribution < 1.29 is 28.6 Å². The maximum Gasteiger partial charge on any atom is 0.306 e. The van der Waals surface area contributed by atoms with Gasteiger partial charge in [0.25, 0.3) is 0 Å². The van der Waals surface area contributed by atoms with Crippen LogP contribution in [0, 0.1) is 0 Å². The number of esters is 3. The number of allylic oxidation sites excluding steroid dienone is 12. The highest BCUT2D eigenvalue weighted by Crippen LogP contribution is 2.16. The summed E-state index contributed by atoms with van der Waals surface area (Å²) in [6.07, 6.45) is 76.4. The van der Waals surface area contributed by atoms with E-state index >= 15 is 0 Å². The number of hydrogen-bond acceptors (Lipinski definition) is 6. The van der Waals surface area contributed by atoms with E-state index in [-0.39, 0.29) is 31.1 Å². The number of ether oxygens (including phenoxy) is 3. The highest BCUT2D eigenvalue weighted by atomic mass is 16.6. The number of carbonyl (C=O) groups excluding carboxylic acids is 3. The molecule has 0 spiro atoms. The average molecular weight is 992 g/mol. The van der Waals surface area contributed by atoms with Gasteiger partial charge in [-0.15, -0.1) is 0 Å². The Morgan fingerprint density at radius 2 is 0.507 bits per heavy atom. The zero-order chi connectivity index (χ0) is 51.4. The highest BCUT2D eigenvalue weighted by molar-refractivity contribution is 5.71. The lowest BCUT2D eigenvalue weighted by Gasteiger charge is -2.18. The van der Waals surface area contributed by atoms with Crippen LogP contribution in [-0.4, -0.2) is 37.2 Å². The zero-order valence-corrected chi connectivity index (χ0v) is 47.0. The third-order valence-corrected chi connectivity index (χ3v) is 13.2. The molecule has 0 rings (SSSR count). The lowest BCUT2D eigenvalue weighted by molar-refractivity contribution is -0.167. The first-order chi connectivity index (χ1) is 35.0. The molecule has 0 radical (unpaired) electrons. The average Bonchev–Trinajstić information content (AvgIpc) is 3.37. The van der Waals surface area contributed by atoms with Gasteiger partial charge in [0.15, 0.2) is 6.10 Å². The Morgan fingerprint density at radius 1 is 0.282 bits per heavy atom. The quantitative estimate of drug-likeness (QED) is 0.0261. The van der Waals surface area contributed by atoms with Crippen LogP contribution in [0.25, 0.3) is 0 Å². The van der Waals surface area contributed by atoms with Crippen LogP contribution in [0.15, 0.2) is 72.9 Å². The van der Waals surface area contributed by atoms with Crippen molar-refractivity contribution in [3.63, 3.8) is 0 Å². The SMILES string of the molecule is CCCCC/C=C\C/C=C\C/C=C\CCCCCCCCC(=O)OC(COC(=O)CCCCCCCCC)COC(=O)CCCCCCCCCCCCCC/C=C\C/C=C\C/C=C\CCCCCCC. The van der Waals surface area contributed by atoms with Gasteiger partial charge in [0.1, 0.15) is 13.2 Å². The number of hydrogen-bond donors (Lipinski definition) is 0. The third-order valence-electron chi connectivity index (χ3n) is 13.2. The van der Waals surface area contributed by atoms with Crippen molar-refractivity contribution in [3.8, 4) is 0 Å². The molecule has 0 N–H and O–H groups in total. The van der Waals surface area contributed by atoms with Gasteiger partial charge >= 0.3 is 17.9 Å². The second-order valence-electron chi connectivity index (χ2n) is 20.3. The molecule has 0 aromatic heterocycles. The fraction of sp³-hybridized carbons (Fsp3) is 0.769. The van der Waals surface area contributed by atoms with Crippen LogP contribution in [-0.2, 0) is 28.6 Å². The first kappa shape index (κ1) is 67.8. The molecule has 0 aliphatic carbocycles. The summed E-state index contributed by atoms with van der Waals surface area (Å²) in [5, 5.41) is 0. The summed E-state index contributed by atoms with van der Waals surface area (Å²) in [4.78, 5) is 38.0. The lowest BCUT2D eigenvalue weighted by Crippen LogP contribution is -2.30. The van der Waals surface area contributed by atoms with Gasteiger partial charge in [0.2, 0.25) is 0 Å². The second kappa shape index (κ2) is 59.4. The van der Waals surface area contributed by atoms with Crippen molar-refractivity contribution in [2.75, 3.05) is 13.2 Å². The molecule has 0 heterocycles. The van der Waals surface area contributed by atoms with Crippen molar-refractivity contribution in [2.45, 2.75) is 309 Å². The van der Waals surface area contributed by atoms with E-state index in [1.807, 2.05) is 0 Å². The van der Waals surface area contributed by atoms with Crippen LogP contribution < -0.4 is 0 Å². The largest absolute Gasteiger partial charge is 0.462 e. The molecular weight excluding hydrogens is 877 g/mol. The summed E-state index contributed by atoms with van der Waals surface area (Å²) in [5.41, 5.74) is 0. The van der Waals surface area contributed by atoms with Crippen molar-refractivity contribution in [3.05, 3.63) is 72.9 Å². The molecule has 0 saturated carbocycles. The van der Waals surface area contributed by atoms with Crippen LogP contribution in [0.2, 0.25) is 0 Å². The maximum absolute atomic E-state index is 12.8. The summed E-state index contributed by atoms with van der Waals surface area (Å²) in [6, 6.07) is 0. The summed E-state index contributed by atoms with van der Waals surface area (Å²) < 4.78 is 16.8. The van der Waals surface area contributed by atoms with Gasteiger partial charge in [0, 0.05) is 19.3 Å². The van der Waals surface area contributed by atoms with E-state index in [1.165, 1.54) is 167 Å². The fourth-order valence-electron chi connectivity index (χ4n) is 8.57. The summed E-state index contributed by atoms with van der Waals surface area (Å²) in [6.45, 7) is 6.57. The van der Waals surface area contributed by atoms with Crippen LogP contribution >= 0.6 is 0 Å². The minimum Gasteiger partial charge on any atom is -0.462 e. The Morgan fingerprint density at radius 3 is 0.817 bits per heavy atom. The monoisotopic (exact) mass is 991 g/mol. The second-order valence-corrected chi connectivity index (χ2v) is 20.3. The van der Waals surface area contributed by atoms with E-state index in [0.717, 1.165) is 96.3 Å². The van der Waals surface area contributed by atoms with Crippen LogP contribution in [0.4, 0.5) is 0 Å². The van der Waals surface area contributed by atoms with E-state index in [1.54, 1.807) is 0 Å². The minimum absolute atomic E-state index is 0.0798. The van der Waals surface area contributed by atoms with Gasteiger partial charge in [-0.3, -0.25) is 14.4 Å². The Kier molecular flexibility index (Phi) is 56.8. The number of rotatable bonds is 55. The molecule has 0 saturated heterocycles. The summed E-state index contributed by atoms with van der Waals surface area (Å²) >= 11 is 0. The third kappa shape index (κ3) is 57.6. The Bertz CT molecular complexity index is 1320. The van der Waals surface area contributed by atoms with E-state index in [9.17, 15) is 14.4 Å². The Hall–Kier alpha value is -3.15. The highest BCUT2D eigenvalue weighted by Gasteiger charge is 2.19. The Labute approximate surface area is 440 Å². The molecule has 0 aliphatic rings. The summed E-state index contributed by atoms with van der Waals surface area (Å²) in [5.74, 6) is -0.892. The van der Waals surface area contributed by atoms with E-state index in [2.05, 4.69) is 93.7 Å². The molecule has 6 heteroatoms. The molecule has 0 fully saturated rings. The zero-order valence-electron chi connectivity index (χ0n) is 47.0. The standard InChI is InChI=1S/C65H114O6/c1-4-7-10-13-16-18-20-22-24-26-28-29-30-31-32-33-34-35-37-38-40-42-44-46-49-52-55-58-64(67)70-61-62(60-69-63(66)57-54-51-48-15-12-9-6-3)71-65(68)59-56-53-50-47-45-43-41-39-36-27-25-23-21-19-17-14-11-8-5-2/h17,19-20,22-23,25-26,28,30-31,36,39,62H,4-16,18,21,24,27,29,32-35,37-38,40-61H2,1-3H3/b19-17-,22-20-,25-23-,28-26-,31-30-,39-36-. The molecule has 0 aromatic carbocycles. The van der Waals surface area contributed by atoms with Gasteiger partial charge in [-0.05, 0) is 96.3 Å². The van der Waals surface area contributed by atoms with Crippen molar-refractivity contribution >= 4 is 17.9 Å². The van der Waals surface area contributed by atoms with Crippen molar-refractivity contribution in [1.82, 2.24) is 0 Å². The maximum atomic E-state index is 12.8. The van der Waals surface area contributed by atoms with Gasteiger partial charge in [0.05, 0.1) is 0 Å². The summed E-state index contributed by atoms with van der Waals surface area (Å²) in [7, 11) is 0. The predicted octanol–water partition coefficient (Wildman–Crippen LogP) is 20.5. The molecule has 71 heavy (non-hydrogen) atoms. The fourth-order valence-corrected chi connectivity index (χ4v) is 8.57.